The van der Waals surface area contributed by atoms with E-state index in [4.69, 9.17) is 0 Å². The van der Waals surface area contributed by atoms with Crippen LogP contribution in [0, 0.1) is 11.8 Å². The van der Waals surface area contributed by atoms with Gasteiger partial charge in [0.05, 0.1) is 0 Å². The Morgan fingerprint density at radius 1 is 1.15 bits per heavy atom. The van der Waals surface area contributed by atoms with Crippen molar-refractivity contribution >= 4 is 0 Å². The molecule has 0 heterocycles. The van der Waals surface area contributed by atoms with Gasteiger partial charge in [-0.3, -0.25) is 0 Å². The molecule has 0 saturated heterocycles. The minimum Gasteiger partial charge on any atom is -0.207 e. The van der Waals surface area contributed by atoms with Gasteiger partial charge in [0.2, 0.25) is 5.92 Å². The van der Waals surface area contributed by atoms with Crippen LogP contribution in [0.15, 0.2) is 0 Å². The van der Waals surface area contributed by atoms with Gasteiger partial charge in [0.25, 0.3) is 0 Å². The molecule has 1 fully saturated rings. The second-order valence-corrected chi connectivity index (χ2v) is 4.46. The summed E-state index contributed by atoms with van der Waals surface area (Å²) in [6.45, 7) is 3.23. The maximum Gasteiger partial charge on any atom is 0.248 e. The summed E-state index contributed by atoms with van der Waals surface area (Å²) in [5.41, 5.74) is 0. The molecule has 1 rings (SSSR count). The van der Waals surface area contributed by atoms with Gasteiger partial charge in [-0.05, 0) is 38.5 Å². The largest absolute Gasteiger partial charge is 0.248 e. The fourth-order valence-corrected chi connectivity index (χ4v) is 2.37. The molecule has 0 amide bonds. The van der Waals surface area contributed by atoms with Gasteiger partial charge in [0.1, 0.15) is 0 Å². The summed E-state index contributed by atoms with van der Waals surface area (Å²) >= 11 is 0. The van der Waals surface area contributed by atoms with E-state index in [0.29, 0.717) is 0 Å². The van der Waals surface area contributed by atoms with Crippen LogP contribution in [0.1, 0.15) is 52.4 Å². The first-order valence-electron chi connectivity index (χ1n) is 5.41. The highest BCUT2D eigenvalue weighted by Gasteiger charge is 2.36. The highest BCUT2D eigenvalue weighted by molar-refractivity contribution is 4.79. The first-order valence-corrected chi connectivity index (χ1v) is 5.41. The van der Waals surface area contributed by atoms with Crippen molar-refractivity contribution in [3.8, 4) is 0 Å². The van der Waals surface area contributed by atoms with Gasteiger partial charge < -0.3 is 0 Å². The highest BCUT2D eigenvalue weighted by atomic mass is 19.3. The Labute approximate surface area is 79.7 Å². The van der Waals surface area contributed by atoms with Gasteiger partial charge in [-0.25, -0.2) is 8.78 Å². The molecule has 0 aromatic rings. The standard InChI is InChI=1S/C11H20F2/c1-3-4-9-5-7-10(8-6-9)11(2,12)13/h9-10H,3-8H2,1-2H3. The van der Waals surface area contributed by atoms with Gasteiger partial charge in [-0.15, -0.1) is 0 Å². The molecule has 13 heavy (non-hydrogen) atoms. The summed E-state index contributed by atoms with van der Waals surface area (Å²) < 4.78 is 25.8. The second kappa shape index (κ2) is 4.39. The maximum atomic E-state index is 12.9. The molecule has 0 bridgehead atoms. The van der Waals surface area contributed by atoms with Crippen molar-refractivity contribution in [1.29, 1.82) is 0 Å². The first kappa shape index (κ1) is 10.9. The Hall–Kier alpha value is -0.140. The van der Waals surface area contributed by atoms with Crippen LogP contribution in [0.25, 0.3) is 0 Å². The van der Waals surface area contributed by atoms with Crippen molar-refractivity contribution in [3.05, 3.63) is 0 Å². The molecule has 0 spiro atoms. The lowest BCUT2D eigenvalue weighted by atomic mass is 9.78. The number of rotatable bonds is 3. The predicted octanol–water partition coefficient (Wildman–Crippen LogP) is 4.25. The van der Waals surface area contributed by atoms with Gasteiger partial charge in [0, 0.05) is 5.92 Å². The van der Waals surface area contributed by atoms with Crippen LogP contribution in [0.4, 0.5) is 8.78 Å². The van der Waals surface area contributed by atoms with E-state index >= 15 is 0 Å². The SMILES string of the molecule is CCCC1CCC(C(C)(F)F)CC1. The Balaban J connectivity index is 2.30. The molecule has 1 saturated carbocycles. The van der Waals surface area contributed by atoms with Crippen molar-refractivity contribution in [2.45, 2.75) is 58.3 Å². The summed E-state index contributed by atoms with van der Waals surface area (Å²) in [6, 6.07) is 0. The fraction of sp³-hybridized carbons (Fsp3) is 1.00. The first-order chi connectivity index (χ1) is 6.04. The number of alkyl halides is 2. The summed E-state index contributed by atoms with van der Waals surface area (Å²) in [5, 5.41) is 0. The number of halogens is 2. The van der Waals surface area contributed by atoms with Crippen LogP contribution < -0.4 is 0 Å². The predicted molar refractivity (Wildman–Crippen MR) is 51.0 cm³/mol. The molecule has 0 nitrogen and oxygen atoms in total. The van der Waals surface area contributed by atoms with Crippen LogP contribution in [-0.2, 0) is 0 Å². The average Bonchev–Trinajstić information content (AvgIpc) is 2.04. The summed E-state index contributed by atoms with van der Waals surface area (Å²) in [6.07, 6.45) is 5.91. The monoisotopic (exact) mass is 190 g/mol. The molecule has 0 atom stereocenters. The third kappa shape index (κ3) is 3.24. The lowest BCUT2D eigenvalue weighted by molar-refractivity contribution is -0.0581. The summed E-state index contributed by atoms with van der Waals surface area (Å²) in [5.74, 6) is -2.07. The molecule has 0 aromatic carbocycles. The van der Waals surface area contributed by atoms with E-state index in [1.54, 1.807) is 0 Å². The third-order valence-electron chi connectivity index (χ3n) is 3.26. The van der Waals surface area contributed by atoms with Crippen molar-refractivity contribution in [2.24, 2.45) is 11.8 Å². The van der Waals surface area contributed by atoms with Crippen LogP contribution in [0.2, 0.25) is 0 Å². The van der Waals surface area contributed by atoms with Crippen molar-refractivity contribution < 1.29 is 8.78 Å². The lowest BCUT2D eigenvalue weighted by Gasteiger charge is -2.31. The topological polar surface area (TPSA) is 0 Å². The van der Waals surface area contributed by atoms with Crippen LogP contribution in [0.5, 0.6) is 0 Å². The van der Waals surface area contributed by atoms with Crippen LogP contribution in [0.3, 0.4) is 0 Å². The molecule has 0 radical (unpaired) electrons. The second-order valence-electron chi connectivity index (χ2n) is 4.46. The molecule has 0 unspecified atom stereocenters. The average molecular weight is 190 g/mol. The molecule has 2 heteroatoms. The van der Waals surface area contributed by atoms with E-state index in [0.717, 1.165) is 38.5 Å². The smallest absolute Gasteiger partial charge is 0.207 e. The van der Waals surface area contributed by atoms with E-state index in [-0.39, 0.29) is 5.92 Å². The van der Waals surface area contributed by atoms with E-state index in [1.807, 2.05) is 0 Å². The number of hydrogen-bond donors (Lipinski definition) is 0. The van der Waals surface area contributed by atoms with E-state index in [2.05, 4.69) is 6.92 Å². The highest BCUT2D eigenvalue weighted by Crippen LogP contribution is 2.39. The fourth-order valence-electron chi connectivity index (χ4n) is 2.37. The molecular formula is C11H20F2. The normalized spacial score (nSPS) is 30.5. The summed E-state index contributed by atoms with van der Waals surface area (Å²) in [4.78, 5) is 0. The molecule has 78 valence electrons. The van der Waals surface area contributed by atoms with E-state index < -0.39 is 5.92 Å². The Morgan fingerprint density at radius 3 is 2.08 bits per heavy atom. The van der Waals surface area contributed by atoms with Crippen molar-refractivity contribution in [1.82, 2.24) is 0 Å². The van der Waals surface area contributed by atoms with Crippen LogP contribution >= 0.6 is 0 Å². The number of hydrogen-bond acceptors (Lipinski definition) is 0. The lowest BCUT2D eigenvalue weighted by Crippen LogP contribution is -2.28. The minimum absolute atomic E-state index is 0.347. The van der Waals surface area contributed by atoms with Gasteiger partial charge in [0.15, 0.2) is 0 Å². The Morgan fingerprint density at radius 2 is 1.69 bits per heavy atom. The van der Waals surface area contributed by atoms with E-state index in [1.165, 1.54) is 12.8 Å². The molecule has 1 aliphatic rings. The van der Waals surface area contributed by atoms with Gasteiger partial charge in [-0.2, -0.15) is 0 Å². The molecule has 0 aromatic heterocycles. The van der Waals surface area contributed by atoms with Crippen molar-refractivity contribution in [3.63, 3.8) is 0 Å². The van der Waals surface area contributed by atoms with Crippen LogP contribution in [-0.4, -0.2) is 5.92 Å². The Kier molecular flexibility index (Phi) is 3.69. The molecule has 0 N–H and O–H groups in total. The van der Waals surface area contributed by atoms with Crippen molar-refractivity contribution in [2.75, 3.05) is 0 Å². The molecular weight excluding hydrogens is 170 g/mol. The molecule has 1 aliphatic carbocycles. The zero-order valence-corrected chi connectivity index (χ0v) is 8.65. The van der Waals surface area contributed by atoms with Gasteiger partial charge in [-0.1, -0.05) is 19.8 Å². The Bertz CT molecular complexity index is 141. The zero-order valence-electron chi connectivity index (χ0n) is 8.65. The quantitative estimate of drug-likeness (QED) is 0.624. The zero-order chi connectivity index (χ0) is 9.90. The maximum absolute atomic E-state index is 12.9. The van der Waals surface area contributed by atoms with Gasteiger partial charge >= 0.3 is 0 Å². The molecule has 0 aliphatic heterocycles. The third-order valence-corrected chi connectivity index (χ3v) is 3.26. The minimum atomic E-state index is -2.45. The summed E-state index contributed by atoms with van der Waals surface area (Å²) in [7, 11) is 0. The van der Waals surface area contributed by atoms with E-state index in [9.17, 15) is 8.78 Å².